The number of carbonyl (C=O) groups excluding carboxylic acids is 1. The van der Waals surface area contributed by atoms with E-state index in [1.807, 2.05) is 6.07 Å². The molecule has 0 saturated carbocycles. The number of hydrogen-bond acceptors (Lipinski definition) is 4. The van der Waals surface area contributed by atoms with Crippen molar-refractivity contribution < 1.29 is 17.9 Å². The lowest BCUT2D eigenvalue weighted by molar-refractivity contribution is 0.1000. The Kier molecular flexibility index (Phi) is 4.19. The molecule has 0 fully saturated rings. The van der Waals surface area contributed by atoms with Crippen LogP contribution in [-0.2, 0) is 16.4 Å². The Hall–Kier alpha value is -2.54. The van der Waals surface area contributed by atoms with E-state index in [0.717, 1.165) is 18.4 Å². The number of amides is 1. The molecule has 0 saturated heterocycles. The number of hydrogen-bond donors (Lipinski definition) is 1. The molecule has 24 heavy (non-hydrogen) atoms. The molecule has 0 radical (unpaired) electrons. The summed E-state index contributed by atoms with van der Waals surface area (Å²) < 4.78 is 32.5. The van der Waals surface area contributed by atoms with Gasteiger partial charge in [-0.25, -0.2) is 8.42 Å². The highest BCUT2D eigenvalue weighted by atomic mass is 32.2. The number of benzene rings is 2. The number of ether oxygens (including phenoxy) is 1. The molecule has 126 valence electrons. The molecule has 6 nitrogen and oxygen atoms in total. The third-order valence-electron chi connectivity index (χ3n) is 4.09. The molecular formula is C17H18N2O4S. The molecule has 0 bridgehead atoms. The second kappa shape index (κ2) is 6.16. The van der Waals surface area contributed by atoms with Gasteiger partial charge in [0.1, 0.15) is 5.75 Å². The van der Waals surface area contributed by atoms with Crippen molar-refractivity contribution in [3.63, 3.8) is 0 Å². The minimum atomic E-state index is -3.70. The minimum Gasteiger partial charge on any atom is -0.497 e. The zero-order valence-electron chi connectivity index (χ0n) is 13.2. The quantitative estimate of drug-likeness (QED) is 0.916. The lowest BCUT2D eigenvalue weighted by Gasteiger charge is -2.30. The third kappa shape index (κ3) is 2.82. The van der Waals surface area contributed by atoms with Gasteiger partial charge in [-0.05, 0) is 60.9 Å². The van der Waals surface area contributed by atoms with Crippen molar-refractivity contribution in [2.24, 2.45) is 5.73 Å². The van der Waals surface area contributed by atoms with Crippen molar-refractivity contribution in [2.75, 3.05) is 18.0 Å². The minimum absolute atomic E-state index is 0.135. The number of methoxy groups -OCH3 is 1. The molecule has 0 aromatic heterocycles. The van der Waals surface area contributed by atoms with E-state index in [9.17, 15) is 13.2 Å². The Bertz CT molecular complexity index is 876. The van der Waals surface area contributed by atoms with E-state index in [2.05, 4.69) is 0 Å². The van der Waals surface area contributed by atoms with E-state index in [1.165, 1.54) is 28.6 Å². The first-order chi connectivity index (χ1) is 11.4. The van der Waals surface area contributed by atoms with Gasteiger partial charge in [0.2, 0.25) is 5.91 Å². The molecule has 2 aromatic rings. The van der Waals surface area contributed by atoms with Crippen molar-refractivity contribution in [3.8, 4) is 5.75 Å². The van der Waals surface area contributed by atoms with E-state index >= 15 is 0 Å². The van der Waals surface area contributed by atoms with Crippen molar-refractivity contribution in [3.05, 3.63) is 53.6 Å². The van der Waals surface area contributed by atoms with E-state index < -0.39 is 15.9 Å². The average Bonchev–Trinajstić information content (AvgIpc) is 2.60. The molecule has 1 aliphatic rings. The smallest absolute Gasteiger partial charge is 0.264 e. The maximum atomic E-state index is 13.0. The van der Waals surface area contributed by atoms with Gasteiger partial charge < -0.3 is 10.5 Å². The van der Waals surface area contributed by atoms with Gasteiger partial charge >= 0.3 is 0 Å². The average molecular weight is 346 g/mol. The van der Waals surface area contributed by atoms with Crippen LogP contribution < -0.4 is 14.8 Å². The van der Waals surface area contributed by atoms with Crippen LogP contribution in [0.25, 0.3) is 0 Å². The second-order valence-electron chi connectivity index (χ2n) is 5.56. The topological polar surface area (TPSA) is 89.7 Å². The van der Waals surface area contributed by atoms with Gasteiger partial charge in [-0.2, -0.15) is 0 Å². The van der Waals surface area contributed by atoms with Gasteiger partial charge in [0, 0.05) is 12.1 Å². The molecule has 1 aliphatic heterocycles. The van der Waals surface area contributed by atoms with Crippen molar-refractivity contribution in [1.82, 2.24) is 0 Å². The summed E-state index contributed by atoms with van der Waals surface area (Å²) in [5, 5.41) is 0. The fraction of sp³-hybridized carbons (Fsp3) is 0.235. The number of aryl methyl sites for hydroxylation is 1. The van der Waals surface area contributed by atoms with Crippen LogP contribution in [-0.4, -0.2) is 28.0 Å². The number of rotatable bonds is 4. The number of nitrogens with zero attached hydrogens (tertiary/aromatic N) is 1. The van der Waals surface area contributed by atoms with Crippen LogP contribution in [0.2, 0.25) is 0 Å². The van der Waals surface area contributed by atoms with Crippen molar-refractivity contribution >= 4 is 21.6 Å². The highest BCUT2D eigenvalue weighted by Gasteiger charge is 2.29. The molecular weight excluding hydrogens is 328 g/mol. The zero-order chi connectivity index (χ0) is 17.3. The van der Waals surface area contributed by atoms with Crippen LogP contribution in [0.4, 0.5) is 5.69 Å². The van der Waals surface area contributed by atoms with Gasteiger partial charge in [-0.3, -0.25) is 9.10 Å². The largest absolute Gasteiger partial charge is 0.497 e. The van der Waals surface area contributed by atoms with Gasteiger partial charge in [0.05, 0.1) is 17.7 Å². The van der Waals surface area contributed by atoms with E-state index in [-0.39, 0.29) is 10.5 Å². The SMILES string of the molecule is COc1ccc2c(c1)CCCN2S(=O)(=O)c1ccc(C(N)=O)cc1. The first-order valence-corrected chi connectivity index (χ1v) is 8.97. The second-order valence-corrected chi connectivity index (χ2v) is 7.43. The molecule has 1 amide bonds. The first-order valence-electron chi connectivity index (χ1n) is 7.53. The fourth-order valence-corrected chi connectivity index (χ4v) is 4.38. The first kappa shape index (κ1) is 16.3. The van der Waals surface area contributed by atoms with E-state index in [4.69, 9.17) is 10.5 Å². The standard InChI is InChI=1S/C17H18N2O4S/c1-23-14-6-9-16-13(11-14)3-2-10-19(16)24(21,22)15-7-4-12(5-8-15)17(18)20/h4-9,11H,2-3,10H2,1H3,(H2,18,20). The van der Waals surface area contributed by atoms with Crippen LogP contribution in [0, 0.1) is 0 Å². The van der Waals surface area contributed by atoms with Crippen LogP contribution in [0.15, 0.2) is 47.4 Å². The summed E-state index contributed by atoms with van der Waals surface area (Å²) in [6.07, 6.45) is 1.54. The summed E-state index contributed by atoms with van der Waals surface area (Å²) in [5.41, 5.74) is 7.08. The summed E-state index contributed by atoms with van der Waals surface area (Å²) in [6.45, 7) is 0.416. The predicted octanol–water partition coefficient (Wildman–Crippen LogP) is 1.94. The summed E-state index contributed by atoms with van der Waals surface area (Å²) in [4.78, 5) is 11.3. The Morgan fingerprint density at radius 1 is 1.17 bits per heavy atom. The van der Waals surface area contributed by atoms with Gasteiger partial charge in [-0.15, -0.1) is 0 Å². The molecule has 7 heteroatoms. The Labute approximate surface area is 140 Å². The van der Waals surface area contributed by atoms with Crippen LogP contribution >= 0.6 is 0 Å². The number of sulfonamides is 1. The summed E-state index contributed by atoms with van der Waals surface area (Å²) in [7, 11) is -2.11. The summed E-state index contributed by atoms with van der Waals surface area (Å²) in [5.74, 6) is 0.119. The molecule has 2 aromatic carbocycles. The van der Waals surface area contributed by atoms with Gasteiger partial charge in [-0.1, -0.05) is 0 Å². The maximum absolute atomic E-state index is 13.0. The summed E-state index contributed by atoms with van der Waals surface area (Å²) in [6, 6.07) is 11.1. The predicted molar refractivity (Wildman–Crippen MR) is 90.8 cm³/mol. The number of anilines is 1. The molecule has 0 unspecified atom stereocenters. The van der Waals surface area contributed by atoms with Crippen molar-refractivity contribution in [2.45, 2.75) is 17.7 Å². The normalized spacial score (nSPS) is 14.1. The number of primary amides is 1. The number of carbonyl (C=O) groups is 1. The van der Waals surface area contributed by atoms with Crippen LogP contribution in [0.5, 0.6) is 5.75 Å². The lowest BCUT2D eigenvalue weighted by atomic mass is 10.0. The number of fused-ring (bicyclic) bond motifs is 1. The van der Waals surface area contributed by atoms with Crippen LogP contribution in [0.1, 0.15) is 22.3 Å². The third-order valence-corrected chi connectivity index (χ3v) is 5.92. The monoisotopic (exact) mass is 346 g/mol. The fourth-order valence-electron chi connectivity index (χ4n) is 2.83. The summed E-state index contributed by atoms with van der Waals surface area (Å²) >= 11 is 0. The zero-order valence-corrected chi connectivity index (χ0v) is 14.0. The maximum Gasteiger partial charge on any atom is 0.264 e. The van der Waals surface area contributed by atoms with E-state index in [0.29, 0.717) is 18.0 Å². The molecule has 0 aliphatic carbocycles. The Balaban J connectivity index is 2.01. The molecule has 0 spiro atoms. The molecule has 0 atom stereocenters. The van der Waals surface area contributed by atoms with E-state index in [1.54, 1.807) is 19.2 Å². The van der Waals surface area contributed by atoms with Gasteiger partial charge in [0.25, 0.3) is 10.0 Å². The lowest BCUT2D eigenvalue weighted by Crippen LogP contribution is -2.35. The molecule has 2 N–H and O–H groups in total. The number of nitrogens with two attached hydrogens (primary N) is 1. The van der Waals surface area contributed by atoms with Crippen molar-refractivity contribution in [1.29, 1.82) is 0 Å². The molecule has 1 heterocycles. The Morgan fingerprint density at radius 3 is 2.50 bits per heavy atom. The van der Waals surface area contributed by atoms with Gasteiger partial charge in [0.15, 0.2) is 0 Å². The molecule has 3 rings (SSSR count). The Morgan fingerprint density at radius 2 is 1.88 bits per heavy atom. The van der Waals surface area contributed by atoms with Crippen LogP contribution in [0.3, 0.4) is 0 Å². The highest BCUT2D eigenvalue weighted by molar-refractivity contribution is 7.92. The highest BCUT2D eigenvalue weighted by Crippen LogP contribution is 2.34.